The molecule has 4 nitrogen and oxygen atoms in total. The van der Waals surface area contributed by atoms with E-state index in [1.807, 2.05) is 34.1 Å². The van der Waals surface area contributed by atoms with Crippen LogP contribution >= 0.6 is 11.8 Å². The molecule has 0 bridgehead atoms. The molecule has 2 saturated heterocycles. The van der Waals surface area contributed by atoms with Crippen molar-refractivity contribution >= 4 is 34.3 Å². The lowest BCUT2D eigenvalue weighted by Crippen LogP contribution is -2.47. The monoisotopic (exact) mass is 354 g/mol. The van der Waals surface area contributed by atoms with Crippen LogP contribution in [0, 0.1) is 0 Å². The van der Waals surface area contributed by atoms with Gasteiger partial charge in [0.1, 0.15) is 6.04 Å². The minimum atomic E-state index is -0.263. The van der Waals surface area contributed by atoms with E-state index >= 15 is 0 Å². The molecule has 2 fully saturated rings. The molecule has 0 saturated carbocycles. The first-order valence-corrected chi connectivity index (χ1v) is 10.0. The maximum Gasteiger partial charge on any atom is 0.246 e. The fraction of sp³-hybridized carbons (Fsp3) is 0.400. The molecular weight excluding hydrogens is 332 g/mol. The fourth-order valence-electron chi connectivity index (χ4n) is 3.83. The Balaban J connectivity index is 1.52. The third-order valence-corrected chi connectivity index (χ3v) is 6.11. The lowest BCUT2D eigenvalue weighted by atomic mass is 10.0. The Labute approximate surface area is 152 Å². The molecular formula is C20H22N2O2S. The molecule has 0 spiro atoms. The zero-order valence-electron chi connectivity index (χ0n) is 14.2. The lowest BCUT2D eigenvalue weighted by Gasteiger charge is -2.27. The van der Waals surface area contributed by atoms with Crippen molar-refractivity contribution in [2.45, 2.75) is 25.3 Å². The van der Waals surface area contributed by atoms with Crippen LogP contribution in [0.15, 0.2) is 42.5 Å². The van der Waals surface area contributed by atoms with Gasteiger partial charge in [-0.3, -0.25) is 9.59 Å². The van der Waals surface area contributed by atoms with Gasteiger partial charge in [-0.05, 0) is 29.2 Å². The van der Waals surface area contributed by atoms with Crippen LogP contribution in [0.2, 0.25) is 0 Å². The summed E-state index contributed by atoms with van der Waals surface area (Å²) in [4.78, 5) is 29.4. The highest BCUT2D eigenvalue weighted by molar-refractivity contribution is 7.99. The summed E-state index contributed by atoms with van der Waals surface area (Å²) >= 11 is 1.78. The summed E-state index contributed by atoms with van der Waals surface area (Å²) in [5.74, 6) is 1.97. The molecule has 2 aromatic carbocycles. The van der Waals surface area contributed by atoms with Gasteiger partial charge >= 0.3 is 0 Å². The number of hydrogen-bond donors (Lipinski definition) is 0. The fourth-order valence-corrected chi connectivity index (χ4v) is 4.79. The van der Waals surface area contributed by atoms with Crippen molar-refractivity contribution in [2.75, 3.05) is 24.7 Å². The van der Waals surface area contributed by atoms with E-state index in [4.69, 9.17) is 0 Å². The van der Waals surface area contributed by atoms with E-state index in [-0.39, 0.29) is 17.9 Å². The average molecular weight is 354 g/mol. The van der Waals surface area contributed by atoms with Crippen LogP contribution in [0.4, 0.5) is 0 Å². The number of rotatable bonds is 3. The normalized spacial score (nSPS) is 20.4. The quantitative estimate of drug-likeness (QED) is 0.851. The number of carbonyl (C=O) groups is 2. The third kappa shape index (κ3) is 3.25. The van der Waals surface area contributed by atoms with Crippen LogP contribution < -0.4 is 0 Å². The molecule has 0 unspecified atom stereocenters. The summed E-state index contributed by atoms with van der Waals surface area (Å²) in [6.45, 7) is 1.51. The van der Waals surface area contributed by atoms with E-state index in [1.165, 1.54) is 0 Å². The van der Waals surface area contributed by atoms with Crippen molar-refractivity contribution in [3.05, 3.63) is 48.0 Å². The summed E-state index contributed by atoms with van der Waals surface area (Å²) in [7, 11) is 0. The molecule has 25 heavy (non-hydrogen) atoms. The van der Waals surface area contributed by atoms with E-state index in [0.29, 0.717) is 13.0 Å². The standard InChI is InChI=1S/C20H22N2O2S/c23-19(13-16-7-3-6-15-5-1-2-8-17(15)16)22-10-4-9-18(22)20(24)21-11-12-25-14-21/h1-3,5-8,18H,4,9-14H2/t18-/m0/s1. The molecule has 2 aromatic rings. The summed E-state index contributed by atoms with van der Waals surface area (Å²) < 4.78 is 0. The molecule has 0 radical (unpaired) electrons. The topological polar surface area (TPSA) is 40.6 Å². The van der Waals surface area contributed by atoms with Crippen molar-refractivity contribution in [3.8, 4) is 0 Å². The Bertz CT molecular complexity index is 796. The summed E-state index contributed by atoms with van der Waals surface area (Å²) in [5.41, 5.74) is 1.04. The Kier molecular flexibility index (Phi) is 4.66. The molecule has 0 aliphatic carbocycles. The molecule has 2 heterocycles. The van der Waals surface area contributed by atoms with Gasteiger partial charge in [0.05, 0.1) is 12.3 Å². The van der Waals surface area contributed by atoms with Crippen LogP contribution in [0.25, 0.3) is 10.8 Å². The van der Waals surface area contributed by atoms with Crippen LogP contribution in [0.3, 0.4) is 0 Å². The van der Waals surface area contributed by atoms with Crippen LogP contribution in [-0.4, -0.2) is 52.4 Å². The van der Waals surface area contributed by atoms with Gasteiger partial charge in [0, 0.05) is 18.8 Å². The molecule has 2 aliphatic rings. The van der Waals surface area contributed by atoms with Gasteiger partial charge in [0.25, 0.3) is 0 Å². The van der Waals surface area contributed by atoms with Crippen molar-refractivity contribution in [3.63, 3.8) is 0 Å². The van der Waals surface area contributed by atoms with Gasteiger partial charge in [0.15, 0.2) is 0 Å². The molecule has 130 valence electrons. The van der Waals surface area contributed by atoms with Gasteiger partial charge in [0.2, 0.25) is 11.8 Å². The van der Waals surface area contributed by atoms with E-state index in [2.05, 4.69) is 18.2 Å². The lowest BCUT2D eigenvalue weighted by molar-refractivity contribution is -0.142. The Hall–Kier alpha value is -2.01. The zero-order chi connectivity index (χ0) is 17.2. The molecule has 1 atom stereocenters. The van der Waals surface area contributed by atoms with Gasteiger partial charge < -0.3 is 9.80 Å². The number of amides is 2. The number of carbonyl (C=O) groups excluding carboxylic acids is 2. The largest absolute Gasteiger partial charge is 0.331 e. The Morgan fingerprint density at radius 3 is 2.76 bits per heavy atom. The molecule has 0 N–H and O–H groups in total. The zero-order valence-corrected chi connectivity index (χ0v) is 15.0. The third-order valence-electron chi connectivity index (χ3n) is 5.14. The highest BCUT2D eigenvalue weighted by Gasteiger charge is 2.37. The number of thioether (sulfide) groups is 1. The van der Waals surface area contributed by atoms with E-state index in [1.54, 1.807) is 11.8 Å². The first-order chi connectivity index (χ1) is 12.2. The average Bonchev–Trinajstić information content (AvgIpc) is 3.33. The summed E-state index contributed by atoms with van der Waals surface area (Å²) in [5, 5.41) is 2.27. The highest BCUT2D eigenvalue weighted by Crippen LogP contribution is 2.25. The second-order valence-corrected chi connectivity index (χ2v) is 7.77. The van der Waals surface area contributed by atoms with Crippen molar-refractivity contribution in [1.82, 2.24) is 9.80 Å². The van der Waals surface area contributed by atoms with E-state index < -0.39 is 0 Å². The summed E-state index contributed by atoms with van der Waals surface area (Å²) in [6, 6.07) is 14.0. The highest BCUT2D eigenvalue weighted by atomic mass is 32.2. The maximum atomic E-state index is 12.9. The number of likely N-dealkylation sites (tertiary alicyclic amines) is 1. The maximum absolute atomic E-state index is 12.9. The van der Waals surface area contributed by atoms with Crippen molar-refractivity contribution in [1.29, 1.82) is 0 Å². The van der Waals surface area contributed by atoms with E-state index in [0.717, 1.165) is 47.4 Å². The first-order valence-electron chi connectivity index (χ1n) is 8.87. The number of hydrogen-bond acceptors (Lipinski definition) is 3. The molecule has 2 amide bonds. The molecule has 5 heteroatoms. The van der Waals surface area contributed by atoms with Gasteiger partial charge in [-0.15, -0.1) is 11.8 Å². The van der Waals surface area contributed by atoms with Crippen molar-refractivity contribution in [2.24, 2.45) is 0 Å². The Morgan fingerprint density at radius 1 is 1.08 bits per heavy atom. The number of benzene rings is 2. The SMILES string of the molecule is O=C([C@@H]1CCCN1C(=O)Cc1cccc2ccccc12)N1CCSC1. The predicted octanol–water partition coefficient (Wildman–Crippen LogP) is 2.91. The van der Waals surface area contributed by atoms with Gasteiger partial charge in [-0.1, -0.05) is 42.5 Å². The molecule has 2 aliphatic heterocycles. The second-order valence-electron chi connectivity index (χ2n) is 6.70. The number of nitrogens with zero attached hydrogens (tertiary/aromatic N) is 2. The number of fused-ring (bicyclic) bond motifs is 1. The first kappa shape index (κ1) is 16.5. The van der Waals surface area contributed by atoms with Crippen LogP contribution in [0.5, 0.6) is 0 Å². The molecule has 4 rings (SSSR count). The molecule has 0 aromatic heterocycles. The van der Waals surface area contributed by atoms with Crippen LogP contribution in [0.1, 0.15) is 18.4 Å². The van der Waals surface area contributed by atoms with Gasteiger partial charge in [-0.2, -0.15) is 0 Å². The minimum absolute atomic E-state index is 0.0686. The summed E-state index contributed by atoms with van der Waals surface area (Å²) in [6.07, 6.45) is 2.07. The van der Waals surface area contributed by atoms with Crippen LogP contribution in [-0.2, 0) is 16.0 Å². The predicted molar refractivity (Wildman–Crippen MR) is 101 cm³/mol. The van der Waals surface area contributed by atoms with Crippen molar-refractivity contribution < 1.29 is 9.59 Å². The van der Waals surface area contributed by atoms with Gasteiger partial charge in [-0.25, -0.2) is 0 Å². The van der Waals surface area contributed by atoms with E-state index in [9.17, 15) is 9.59 Å². The Morgan fingerprint density at radius 2 is 1.92 bits per heavy atom. The second kappa shape index (κ2) is 7.08. The smallest absolute Gasteiger partial charge is 0.246 e. The minimum Gasteiger partial charge on any atom is -0.331 e.